The summed E-state index contributed by atoms with van der Waals surface area (Å²) in [5.74, 6) is 0.366. The molecule has 0 radical (unpaired) electrons. The van der Waals surface area contributed by atoms with Crippen molar-refractivity contribution in [2.75, 3.05) is 26.7 Å². The van der Waals surface area contributed by atoms with E-state index >= 15 is 0 Å². The van der Waals surface area contributed by atoms with Crippen LogP contribution in [0.1, 0.15) is 27.7 Å². The standard InChI is InChI=1S/C11H24N2O2/c1-9(2)6-15-10(14)13(5)8-11(3,4)7-12/h9H,6-8,12H2,1-5H3. The molecule has 4 nitrogen and oxygen atoms in total. The third kappa shape index (κ3) is 6.33. The van der Waals surface area contributed by atoms with Crippen LogP contribution in [0.3, 0.4) is 0 Å². The van der Waals surface area contributed by atoms with Gasteiger partial charge in [-0.3, -0.25) is 0 Å². The molecule has 0 rings (SSSR count). The first-order chi connectivity index (χ1) is 6.78. The molecule has 0 aliphatic heterocycles. The van der Waals surface area contributed by atoms with Crippen LogP contribution in [0.15, 0.2) is 0 Å². The van der Waals surface area contributed by atoms with Crippen molar-refractivity contribution < 1.29 is 9.53 Å². The predicted octanol–water partition coefficient (Wildman–Crippen LogP) is 1.70. The molecule has 0 saturated heterocycles. The number of rotatable bonds is 5. The largest absolute Gasteiger partial charge is 0.449 e. The molecule has 15 heavy (non-hydrogen) atoms. The maximum atomic E-state index is 11.5. The highest BCUT2D eigenvalue weighted by molar-refractivity contribution is 5.67. The summed E-state index contributed by atoms with van der Waals surface area (Å²) < 4.78 is 5.10. The molecule has 0 saturated carbocycles. The minimum Gasteiger partial charge on any atom is -0.449 e. The number of ether oxygens (including phenoxy) is 1. The van der Waals surface area contributed by atoms with E-state index in [1.165, 1.54) is 0 Å². The Bertz CT molecular complexity index is 203. The number of carbonyl (C=O) groups is 1. The summed E-state index contributed by atoms with van der Waals surface area (Å²) in [4.78, 5) is 13.1. The second-order valence-corrected chi connectivity index (χ2v) is 5.20. The molecule has 0 fully saturated rings. The smallest absolute Gasteiger partial charge is 0.409 e. The van der Waals surface area contributed by atoms with Crippen LogP contribution in [0, 0.1) is 11.3 Å². The van der Waals surface area contributed by atoms with Gasteiger partial charge in [0, 0.05) is 13.6 Å². The second kappa shape index (κ2) is 5.95. The third-order valence-electron chi connectivity index (χ3n) is 2.07. The van der Waals surface area contributed by atoms with Crippen LogP contribution in [0.2, 0.25) is 0 Å². The van der Waals surface area contributed by atoms with Crippen LogP contribution in [-0.2, 0) is 4.74 Å². The molecule has 0 bridgehead atoms. The Labute approximate surface area is 92.8 Å². The van der Waals surface area contributed by atoms with Crippen LogP contribution in [-0.4, -0.2) is 37.7 Å². The topological polar surface area (TPSA) is 55.6 Å². The average Bonchev–Trinajstić information content (AvgIpc) is 2.13. The van der Waals surface area contributed by atoms with Gasteiger partial charge >= 0.3 is 6.09 Å². The zero-order valence-corrected chi connectivity index (χ0v) is 10.5. The molecule has 0 aliphatic rings. The normalized spacial score (nSPS) is 11.7. The zero-order valence-electron chi connectivity index (χ0n) is 10.5. The summed E-state index contributed by atoms with van der Waals surface area (Å²) >= 11 is 0. The molecule has 1 amide bonds. The van der Waals surface area contributed by atoms with Gasteiger partial charge in [0.2, 0.25) is 0 Å². The fourth-order valence-corrected chi connectivity index (χ4v) is 1.12. The average molecular weight is 216 g/mol. The lowest BCUT2D eigenvalue weighted by atomic mass is 9.93. The van der Waals surface area contributed by atoms with Gasteiger partial charge in [-0.15, -0.1) is 0 Å². The van der Waals surface area contributed by atoms with Crippen molar-refractivity contribution in [2.24, 2.45) is 17.1 Å². The number of amides is 1. The molecule has 0 aromatic carbocycles. The Morgan fingerprint density at radius 2 is 2.00 bits per heavy atom. The van der Waals surface area contributed by atoms with Crippen molar-refractivity contribution in [3.05, 3.63) is 0 Å². The van der Waals surface area contributed by atoms with E-state index in [-0.39, 0.29) is 11.5 Å². The summed E-state index contributed by atoms with van der Waals surface area (Å²) in [6, 6.07) is 0. The molecule has 2 N–H and O–H groups in total. The summed E-state index contributed by atoms with van der Waals surface area (Å²) in [5, 5.41) is 0. The molecule has 90 valence electrons. The SMILES string of the molecule is CC(C)COC(=O)N(C)CC(C)(C)CN. The lowest BCUT2D eigenvalue weighted by molar-refractivity contribution is 0.0886. The summed E-state index contributed by atoms with van der Waals surface area (Å²) in [5.41, 5.74) is 5.53. The highest BCUT2D eigenvalue weighted by atomic mass is 16.6. The fraction of sp³-hybridized carbons (Fsp3) is 0.909. The van der Waals surface area contributed by atoms with E-state index in [2.05, 4.69) is 0 Å². The highest BCUT2D eigenvalue weighted by Gasteiger charge is 2.21. The zero-order chi connectivity index (χ0) is 12.1. The highest BCUT2D eigenvalue weighted by Crippen LogP contribution is 2.14. The first kappa shape index (κ1) is 14.2. The summed E-state index contributed by atoms with van der Waals surface area (Å²) in [6.07, 6.45) is -0.273. The van der Waals surface area contributed by atoms with Gasteiger partial charge in [-0.25, -0.2) is 4.79 Å². The molecular formula is C11H24N2O2. The van der Waals surface area contributed by atoms with Crippen LogP contribution in [0.4, 0.5) is 4.79 Å². The minimum absolute atomic E-state index is 0.0639. The third-order valence-corrected chi connectivity index (χ3v) is 2.07. The molecule has 0 unspecified atom stereocenters. The quantitative estimate of drug-likeness (QED) is 0.761. The Kier molecular flexibility index (Phi) is 5.65. The van der Waals surface area contributed by atoms with E-state index < -0.39 is 0 Å². The molecule has 0 aromatic heterocycles. The van der Waals surface area contributed by atoms with E-state index in [0.717, 1.165) is 0 Å². The number of nitrogens with two attached hydrogens (primary N) is 1. The number of hydrogen-bond donors (Lipinski definition) is 1. The lowest BCUT2D eigenvalue weighted by Gasteiger charge is -2.28. The van der Waals surface area contributed by atoms with Crippen LogP contribution >= 0.6 is 0 Å². The Morgan fingerprint density at radius 1 is 1.47 bits per heavy atom. The van der Waals surface area contributed by atoms with Crippen LogP contribution < -0.4 is 5.73 Å². The van der Waals surface area contributed by atoms with E-state index in [0.29, 0.717) is 25.6 Å². The van der Waals surface area contributed by atoms with Crippen LogP contribution in [0.5, 0.6) is 0 Å². The summed E-state index contributed by atoms with van der Waals surface area (Å²) in [6.45, 7) is 9.70. The summed E-state index contributed by atoms with van der Waals surface area (Å²) in [7, 11) is 1.74. The molecular weight excluding hydrogens is 192 g/mol. The first-order valence-corrected chi connectivity index (χ1v) is 5.36. The molecule has 0 atom stereocenters. The van der Waals surface area contributed by atoms with E-state index in [1.807, 2.05) is 27.7 Å². The lowest BCUT2D eigenvalue weighted by Crippen LogP contribution is -2.40. The fourth-order valence-electron chi connectivity index (χ4n) is 1.12. The van der Waals surface area contributed by atoms with Gasteiger partial charge in [0.15, 0.2) is 0 Å². The van der Waals surface area contributed by atoms with Gasteiger partial charge in [-0.1, -0.05) is 27.7 Å². The number of hydrogen-bond acceptors (Lipinski definition) is 3. The first-order valence-electron chi connectivity index (χ1n) is 5.36. The molecule has 0 heterocycles. The minimum atomic E-state index is -0.273. The number of carbonyl (C=O) groups excluding carboxylic acids is 1. The van der Waals surface area contributed by atoms with Gasteiger partial charge < -0.3 is 15.4 Å². The van der Waals surface area contributed by atoms with Gasteiger partial charge in [0.25, 0.3) is 0 Å². The predicted molar refractivity (Wildman–Crippen MR) is 61.7 cm³/mol. The van der Waals surface area contributed by atoms with E-state index in [9.17, 15) is 4.79 Å². The Morgan fingerprint density at radius 3 is 2.40 bits per heavy atom. The van der Waals surface area contributed by atoms with Gasteiger partial charge in [-0.2, -0.15) is 0 Å². The molecule has 4 heteroatoms. The molecule has 0 aromatic rings. The molecule has 0 aliphatic carbocycles. The van der Waals surface area contributed by atoms with Crippen molar-refractivity contribution in [2.45, 2.75) is 27.7 Å². The van der Waals surface area contributed by atoms with Crippen molar-refractivity contribution in [3.8, 4) is 0 Å². The van der Waals surface area contributed by atoms with Crippen molar-refractivity contribution in [3.63, 3.8) is 0 Å². The van der Waals surface area contributed by atoms with Gasteiger partial charge in [-0.05, 0) is 17.9 Å². The van der Waals surface area contributed by atoms with Gasteiger partial charge in [0.1, 0.15) is 0 Å². The Hall–Kier alpha value is -0.770. The van der Waals surface area contributed by atoms with Crippen molar-refractivity contribution in [1.82, 2.24) is 4.90 Å². The Balaban J connectivity index is 3.99. The maximum absolute atomic E-state index is 11.5. The monoisotopic (exact) mass is 216 g/mol. The van der Waals surface area contributed by atoms with E-state index in [1.54, 1.807) is 11.9 Å². The molecule has 0 spiro atoms. The number of nitrogens with zero attached hydrogens (tertiary/aromatic N) is 1. The van der Waals surface area contributed by atoms with Crippen LogP contribution in [0.25, 0.3) is 0 Å². The maximum Gasteiger partial charge on any atom is 0.409 e. The van der Waals surface area contributed by atoms with Gasteiger partial charge in [0.05, 0.1) is 6.61 Å². The van der Waals surface area contributed by atoms with Crippen molar-refractivity contribution >= 4 is 6.09 Å². The second-order valence-electron chi connectivity index (χ2n) is 5.20. The van der Waals surface area contributed by atoms with Crippen molar-refractivity contribution in [1.29, 1.82) is 0 Å². The van der Waals surface area contributed by atoms with E-state index in [4.69, 9.17) is 10.5 Å².